The second kappa shape index (κ2) is 4.68. The van der Waals surface area contributed by atoms with Gasteiger partial charge < -0.3 is 4.89 Å². The van der Waals surface area contributed by atoms with E-state index in [9.17, 15) is 4.89 Å². The minimum absolute atomic E-state index is 0.645. The van der Waals surface area contributed by atoms with Gasteiger partial charge in [0.15, 0.2) is 0 Å². The third kappa shape index (κ3) is 2.36. The van der Waals surface area contributed by atoms with Crippen molar-refractivity contribution in [1.29, 1.82) is 0 Å². The van der Waals surface area contributed by atoms with Crippen molar-refractivity contribution < 1.29 is 4.89 Å². The summed E-state index contributed by atoms with van der Waals surface area (Å²) >= 11 is 11.1. The second-order valence-corrected chi connectivity index (χ2v) is 7.59. The lowest BCUT2D eigenvalue weighted by Crippen LogP contribution is -2.14. The number of rotatable bonds is 2. The quantitative estimate of drug-likeness (QED) is 0.845. The molecule has 0 aliphatic carbocycles. The lowest BCUT2D eigenvalue weighted by Gasteiger charge is -2.15. The summed E-state index contributed by atoms with van der Waals surface area (Å²) in [6, 6.07) is 16.4. The van der Waals surface area contributed by atoms with Gasteiger partial charge in [-0.2, -0.15) is 0 Å². The SMILES string of the molecule is OP(=S)(c1ccccc1)c1ccc(Cl)cc1. The molecule has 0 amide bonds. The van der Waals surface area contributed by atoms with Crippen LogP contribution in [0, 0.1) is 0 Å². The van der Waals surface area contributed by atoms with Crippen LogP contribution in [-0.4, -0.2) is 4.89 Å². The second-order valence-electron chi connectivity index (χ2n) is 3.39. The van der Waals surface area contributed by atoms with Gasteiger partial charge in [-0.3, -0.25) is 0 Å². The van der Waals surface area contributed by atoms with E-state index in [1.807, 2.05) is 30.3 Å². The largest absolute Gasteiger partial charge is 0.358 e. The zero-order chi connectivity index (χ0) is 11.6. The Kier molecular flexibility index (Phi) is 3.46. The van der Waals surface area contributed by atoms with Gasteiger partial charge in [0, 0.05) is 15.6 Å². The van der Waals surface area contributed by atoms with Crippen molar-refractivity contribution in [3.05, 3.63) is 59.6 Å². The highest BCUT2D eigenvalue weighted by molar-refractivity contribution is 8.19. The molecule has 0 aliphatic rings. The van der Waals surface area contributed by atoms with E-state index < -0.39 is 6.26 Å². The maximum atomic E-state index is 10.4. The van der Waals surface area contributed by atoms with E-state index in [0.717, 1.165) is 10.6 Å². The van der Waals surface area contributed by atoms with Crippen LogP contribution in [0.2, 0.25) is 5.02 Å². The van der Waals surface area contributed by atoms with Crippen LogP contribution in [0.3, 0.4) is 0 Å². The van der Waals surface area contributed by atoms with Crippen LogP contribution < -0.4 is 10.6 Å². The van der Waals surface area contributed by atoms with Crippen LogP contribution in [0.4, 0.5) is 0 Å². The van der Waals surface area contributed by atoms with E-state index in [4.69, 9.17) is 23.4 Å². The van der Waals surface area contributed by atoms with Gasteiger partial charge in [-0.25, -0.2) is 0 Å². The zero-order valence-corrected chi connectivity index (χ0v) is 10.8. The Morgan fingerprint density at radius 2 is 1.38 bits per heavy atom. The summed E-state index contributed by atoms with van der Waals surface area (Å²) in [5.74, 6) is 0. The molecular weight excluding hydrogens is 259 g/mol. The fourth-order valence-corrected chi connectivity index (χ4v) is 3.71. The van der Waals surface area contributed by atoms with Crippen molar-refractivity contribution in [3.63, 3.8) is 0 Å². The predicted octanol–water partition coefficient (Wildman–Crippen LogP) is 2.68. The van der Waals surface area contributed by atoms with Gasteiger partial charge in [0.1, 0.15) is 6.26 Å². The molecule has 1 nitrogen and oxygen atoms in total. The normalized spacial score (nSPS) is 14.4. The Balaban J connectivity index is 2.47. The summed E-state index contributed by atoms with van der Waals surface area (Å²) in [5.41, 5.74) is 0. The number of hydrogen-bond donors (Lipinski definition) is 1. The summed E-state index contributed by atoms with van der Waals surface area (Å²) in [6.07, 6.45) is -2.64. The van der Waals surface area contributed by atoms with E-state index in [-0.39, 0.29) is 0 Å². The highest BCUT2D eigenvalue weighted by Crippen LogP contribution is 2.38. The van der Waals surface area contributed by atoms with Crippen molar-refractivity contribution in [2.24, 2.45) is 0 Å². The molecule has 0 aromatic heterocycles. The average Bonchev–Trinajstić information content (AvgIpc) is 2.31. The lowest BCUT2D eigenvalue weighted by atomic mass is 10.4. The maximum Gasteiger partial charge on any atom is 0.120 e. The molecule has 82 valence electrons. The molecule has 1 unspecified atom stereocenters. The molecule has 16 heavy (non-hydrogen) atoms. The zero-order valence-electron chi connectivity index (χ0n) is 8.38. The lowest BCUT2D eigenvalue weighted by molar-refractivity contribution is 0.642. The maximum absolute atomic E-state index is 10.4. The van der Waals surface area contributed by atoms with Crippen molar-refractivity contribution >= 4 is 40.3 Å². The molecule has 0 saturated heterocycles. The smallest absolute Gasteiger partial charge is 0.120 e. The minimum Gasteiger partial charge on any atom is -0.358 e. The number of halogens is 1. The fraction of sp³-hybridized carbons (Fsp3) is 0. The van der Waals surface area contributed by atoms with E-state index in [0.29, 0.717) is 5.02 Å². The first kappa shape index (κ1) is 11.8. The molecule has 2 aromatic carbocycles. The third-order valence-electron chi connectivity index (χ3n) is 2.28. The third-order valence-corrected chi connectivity index (χ3v) is 5.80. The first-order valence-electron chi connectivity index (χ1n) is 4.75. The molecule has 4 heteroatoms. The van der Waals surface area contributed by atoms with Crippen molar-refractivity contribution in [1.82, 2.24) is 0 Å². The average molecular weight is 269 g/mol. The highest BCUT2D eigenvalue weighted by atomic mass is 35.5. The van der Waals surface area contributed by atoms with Crippen LogP contribution in [0.15, 0.2) is 54.6 Å². The van der Waals surface area contributed by atoms with Gasteiger partial charge in [0.2, 0.25) is 0 Å². The Bertz CT molecular complexity index is 524. The van der Waals surface area contributed by atoms with Crippen molar-refractivity contribution in [2.45, 2.75) is 0 Å². The standard InChI is InChI=1S/C12H10ClOPS/c13-10-6-8-12(9-7-10)15(14,16)11-4-2-1-3-5-11/h1-9H,(H,14,16). The summed E-state index contributed by atoms with van der Waals surface area (Å²) in [4.78, 5) is 10.4. The van der Waals surface area contributed by atoms with Crippen molar-refractivity contribution in [2.75, 3.05) is 0 Å². The molecule has 0 heterocycles. The van der Waals surface area contributed by atoms with Crippen LogP contribution in [0.5, 0.6) is 0 Å². The summed E-state index contributed by atoms with van der Waals surface area (Å²) in [5, 5.41) is 2.21. The molecule has 1 N–H and O–H groups in total. The Hall–Kier alpha value is -0.660. The van der Waals surface area contributed by atoms with Crippen molar-refractivity contribution in [3.8, 4) is 0 Å². The van der Waals surface area contributed by atoms with E-state index in [1.165, 1.54) is 0 Å². The summed E-state index contributed by atoms with van der Waals surface area (Å²) in [6.45, 7) is 0. The van der Waals surface area contributed by atoms with Crippen LogP contribution in [0.1, 0.15) is 0 Å². The molecule has 0 aliphatic heterocycles. The highest BCUT2D eigenvalue weighted by Gasteiger charge is 2.17. The summed E-state index contributed by atoms with van der Waals surface area (Å²) in [7, 11) is 0. The van der Waals surface area contributed by atoms with Gasteiger partial charge in [-0.15, -0.1) is 0 Å². The number of hydrogen-bond acceptors (Lipinski definition) is 1. The first-order chi connectivity index (χ1) is 7.60. The molecule has 2 rings (SSSR count). The molecule has 2 aromatic rings. The Morgan fingerprint density at radius 3 is 1.94 bits per heavy atom. The first-order valence-corrected chi connectivity index (χ1v) is 7.88. The summed E-state index contributed by atoms with van der Waals surface area (Å²) < 4.78 is 0. The fourth-order valence-electron chi connectivity index (χ4n) is 1.42. The van der Waals surface area contributed by atoms with Gasteiger partial charge >= 0.3 is 0 Å². The molecule has 1 atom stereocenters. The Morgan fingerprint density at radius 1 is 0.875 bits per heavy atom. The van der Waals surface area contributed by atoms with Crippen LogP contribution >= 0.6 is 17.9 Å². The van der Waals surface area contributed by atoms with Gasteiger partial charge in [0.05, 0.1) is 0 Å². The molecule has 0 bridgehead atoms. The van der Waals surface area contributed by atoms with Crippen LogP contribution in [-0.2, 0) is 11.8 Å². The van der Waals surface area contributed by atoms with E-state index >= 15 is 0 Å². The van der Waals surface area contributed by atoms with Gasteiger partial charge in [0.25, 0.3) is 0 Å². The predicted molar refractivity (Wildman–Crippen MR) is 73.7 cm³/mol. The molecule has 0 saturated carbocycles. The molecule has 0 radical (unpaired) electrons. The monoisotopic (exact) mass is 268 g/mol. The van der Waals surface area contributed by atoms with Gasteiger partial charge in [-0.05, 0) is 24.3 Å². The Labute approximate surface area is 105 Å². The minimum atomic E-state index is -2.64. The molecule has 0 fully saturated rings. The molecular formula is C12H10ClOPS. The van der Waals surface area contributed by atoms with E-state index in [2.05, 4.69) is 0 Å². The molecule has 0 spiro atoms. The topological polar surface area (TPSA) is 20.2 Å². The van der Waals surface area contributed by atoms with E-state index in [1.54, 1.807) is 24.3 Å². The number of benzene rings is 2. The van der Waals surface area contributed by atoms with Crippen LogP contribution in [0.25, 0.3) is 0 Å². The van der Waals surface area contributed by atoms with Gasteiger partial charge in [-0.1, -0.05) is 53.7 Å².